The van der Waals surface area contributed by atoms with Crippen LogP contribution in [0.4, 0.5) is 4.39 Å². The summed E-state index contributed by atoms with van der Waals surface area (Å²) in [5.74, 6) is 0.0766. The summed E-state index contributed by atoms with van der Waals surface area (Å²) >= 11 is 0. The van der Waals surface area contributed by atoms with E-state index in [2.05, 4.69) is 15.1 Å². The second kappa shape index (κ2) is 8.03. The fraction of sp³-hybridized carbons (Fsp3) is 0.318. The molecule has 0 radical (unpaired) electrons. The van der Waals surface area contributed by atoms with Gasteiger partial charge in [-0.2, -0.15) is 5.10 Å². The monoisotopic (exact) mass is 438 g/mol. The van der Waals surface area contributed by atoms with Crippen molar-refractivity contribution in [3.63, 3.8) is 0 Å². The maximum Gasteiger partial charge on any atom is 0.236 e. The van der Waals surface area contributed by atoms with Gasteiger partial charge in [-0.05, 0) is 37.6 Å². The van der Waals surface area contributed by atoms with E-state index >= 15 is 0 Å². The molecule has 0 N–H and O–H groups in total. The molecule has 0 atom stereocenters. The van der Waals surface area contributed by atoms with Gasteiger partial charge in [0.15, 0.2) is 11.4 Å². The predicted octanol–water partition coefficient (Wildman–Crippen LogP) is 3.98. The number of imidazole rings is 1. The van der Waals surface area contributed by atoms with Crippen molar-refractivity contribution < 1.29 is 14.1 Å². The summed E-state index contributed by atoms with van der Waals surface area (Å²) in [5.41, 5.74) is 2.91. The molecule has 32 heavy (non-hydrogen) atoms. The lowest BCUT2D eigenvalue weighted by atomic mass is 10.1. The fourth-order valence-electron chi connectivity index (χ4n) is 3.51. The van der Waals surface area contributed by atoms with Gasteiger partial charge in [-0.1, -0.05) is 0 Å². The number of hydrogen-bond acceptors (Lipinski definition) is 6. The average molecular weight is 438 g/mol. The minimum Gasteiger partial charge on any atom is -0.483 e. The number of ether oxygens (including phenoxy) is 1. The quantitative estimate of drug-likeness (QED) is 0.320. The van der Waals surface area contributed by atoms with E-state index in [1.807, 2.05) is 30.5 Å². The first-order chi connectivity index (χ1) is 15.2. The topological polar surface area (TPSA) is 100 Å². The van der Waals surface area contributed by atoms with E-state index in [-0.39, 0.29) is 23.8 Å². The van der Waals surface area contributed by atoms with E-state index in [1.54, 1.807) is 30.9 Å². The van der Waals surface area contributed by atoms with Crippen LogP contribution in [-0.4, -0.2) is 34.6 Å². The Morgan fingerprint density at radius 3 is 2.78 bits per heavy atom. The zero-order chi connectivity index (χ0) is 23.0. The highest BCUT2D eigenvalue weighted by atomic mass is 19.1. The molecule has 166 valence electrons. The molecule has 10 heteroatoms. The number of nitrogens with zero attached hydrogens (tertiary/aromatic N) is 6. The lowest BCUT2D eigenvalue weighted by Gasteiger charge is -2.14. The first kappa shape index (κ1) is 21.4. The van der Waals surface area contributed by atoms with Crippen molar-refractivity contribution in [1.29, 1.82) is 0 Å². The van der Waals surface area contributed by atoms with Crippen molar-refractivity contribution in [3.8, 4) is 17.0 Å². The number of fused-ring (bicyclic) bond motifs is 1. The smallest absolute Gasteiger partial charge is 0.236 e. The number of aryl methyl sites for hydroxylation is 2. The van der Waals surface area contributed by atoms with Crippen LogP contribution < -0.4 is 4.74 Å². The Labute approximate surface area is 183 Å². The number of nitro groups is 1. The summed E-state index contributed by atoms with van der Waals surface area (Å²) in [6, 6.07) is 4.71. The van der Waals surface area contributed by atoms with Gasteiger partial charge in [0, 0.05) is 42.9 Å². The average Bonchev–Trinajstić information content (AvgIpc) is 3.29. The molecule has 0 unspecified atom stereocenters. The standard InChI is InChI=1S/C22H23FN6O3/c1-14-8-19(32-12-18-17(23)6-5-7-24-18)21-26-15(2)20(28(21)10-14)16-9-25-27(11-16)13-22(3,4)29(30)31/h5-11H,12-13H2,1-4H3. The van der Waals surface area contributed by atoms with E-state index in [1.165, 1.54) is 18.3 Å². The normalized spacial score (nSPS) is 11.8. The zero-order valence-corrected chi connectivity index (χ0v) is 18.2. The molecule has 0 aromatic carbocycles. The summed E-state index contributed by atoms with van der Waals surface area (Å²) in [6.45, 7) is 7.03. The molecular weight excluding hydrogens is 415 g/mol. The number of halogens is 1. The van der Waals surface area contributed by atoms with Crippen LogP contribution in [0.1, 0.15) is 30.8 Å². The van der Waals surface area contributed by atoms with Gasteiger partial charge in [-0.3, -0.25) is 24.2 Å². The molecule has 4 aromatic rings. The molecule has 9 nitrogen and oxygen atoms in total. The predicted molar refractivity (Wildman–Crippen MR) is 115 cm³/mol. The third-order valence-electron chi connectivity index (χ3n) is 5.15. The molecule has 0 spiro atoms. The van der Waals surface area contributed by atoms with E-state index in [9.17, 15) is 14.5 Å². The Balaban J connectivity index is 1.69. The zero-order valence-electron chi connectivity index (χ0n) is 18.2. The van der Waals surface area contributed by atoms with Crippen LogP contribution in [0, 0.1) is 29.8 Å². The maximum atomic E-state index is 13.9. The Morgan fingerprint density at radius 2 is 2.06 bits per heavy atom. The van der Waals surface area contributed by atoms with Crippen molar-refractivity contribution in [3.05, 3.63) is 75.9 Å². The highest BCUT2D eigenvalue weighted by molar-refractivity contribution is 5.69. The number of hydrogen-bond donors (Lipinski definition) is 0. The van der Waals surface area contributed by atoms with Gasteiger partial charge >= 0.3 is 0 Å². The van der Waals surface area contributed by atoms with E-state index in [4.69, 9.17) is 4.74 Å². The maximum absolute atomic E-state index is 13.9. The third kappa shape index (κ3) is 4.03. The van der Waals surface area contributed by atoms with Crippen LogP contribution in [0.3, 0.4) is 0 Å². The minimum atomic E-state index is -1.14. The number of rotatable bonds is 7. The second-order valence-corrected chi connectivity index (χ2v) is 8.34. The second-order valence-electron chi connectivity index (χ2n) is 8.34. The van der Waals surface area contributed by atoms with Gasteiger partial charge in [0.05, 0.1) is 17.6 Å². The van der Waals surface area contributed by atoms with Crippen LogP contribution in [-0.2, 0) is 13.2 Å². The van der Waals surface area contributed by atoms with Gasteiger partial charge in [0.25, 0.3) is 0 Å². The van der Waals surface area contributed by atoms with Crippen molar-refractivity contribution >= 4 is 5.65 Å². The Hall–Kier alpha value is -3.82. The van der Waals surface area contributed by atoms with Gasteiger partial charge in [-0.15, -0.1) is 0 Å². The highest BCUT2D eigenvalue weighted by Crippen LogP contribution is 2.30. The van der Waals surface area contributed by atoms with Crippen molar-refractivity contribution in [2.45, 2.75) is 46.4 Å². The minimum absolute atomic E-state index is 0.0269. The van der Waals surface area contributed by atoms with E-state index in [0.29, 0.717) is 11.4 Å². The summed E-state index contributed by atoms with van der Waals surface area (Å²) in [5, 5.41) is 15.6. The summed E-state index contributed by atoms with van der Waals surface area (Å²) in [6.07, 6.45) is 6.88. The molecule has 0 aliphatic rings. The molecular formula is C22H23FN6O3. The largest absolute Gasteiger partial charge is 0.483 e. The van der Waals surface area contributed by atoms with Crippen LogP contribution >= 0.6 is 0 Å². The molecule has 0 amide bonds. The Bertz CT molecular complexity index is 1310. The van der Waals surface area contributed by atoms with Gasteiger partial charge < -0.3 is 4.74 Å². The molecule has 0 aliphatic carbocycles. The summed E-state index contributed by atoms with van der Waals surface area (Å²) in [4.78, 5) is 19.6. The fourth-order valence-corrected chi connectivity index (χ4v) is 3.51. The molecule has 4 rings (SSSR count). The molecule has 0 saturated heterocycles. The van der Waals surface area contributed by atoms with Gasteiger partial charge in [0.1, 0.15) is 24.7 Å². The highest BCUT2D eigenvalue weighted by Gasteiger charge is 2.31. The van der Waals surface area contributed by atoms with Crippen LogP contribution in [0.2, 0.25) is 0 Å². The van der Waals surface area contributed by atoms with Gasteiger partial charge in [-0.25, -0.2) is 9.37 Å². The Kier molecular flexibility index (Phi) is 5.37. The third-order valence-corrected chi connectivity index (χ3v) is 5.15. The molecule has 4 heterocycles. The van der Waals surface area contributed by atoms with Crippen LogP contribution in [0.5, 0.6) is 5.75 Å². The summed E-state index contributed by atoms with van der Waals surface area (Å²) < 4.78 is 23.3. The number of pyridine rings is 2. The molecule has 0 fully saturated rings. The van der Waals surface area contributed by atoms with E-state index in [0.717, 1.165) is 22.5 Å². The van der Waals surface area contributed by atoms with Crippen molar-refractivity contribution in [2.75, 3.05) is 0 Å². The lowest BCUT2D eigenvalue weighted by molar-refractivity contribution is -0.563. The van der Waals surface area contributed by atoms with Crippen molar-refractivity contribution in [1.82, 2.24) is 24.1 Å². The SMILES string of the molecule is Cc1cc(OCc2ncccc2F)c2nc(C)c(-c3cnn(CC(C)(C)[N+](=O)[O-])c3)n2c1. The molecule has 4 aromatic heterocycles. The molecule has 0 saturated carbocycles. The first-order valence-corrected chi connectivity index (χ1v) is 10.0. The lowest BCUT2D eigenvalue weighted by Crippen LogP contribution is -2.36. The van der Waals surface area contributed by atoms with Gasteiger partial charge in [0.2, 0.25) is 5.54 Å². The molecule has 0 bridgehead atoms. The van der Waals surface area contributed by atoms with E-state index < -0.39 is 11.4 Å². The van der Waals surface area contributed by atoms with Crippen LogP contribution in [0.25, 0.3) is 16.9 Å². The van der Waals surface area contributed by atoms with Crippen LogP contribution in [0.15, 0.2) is 43.0 Å². The Morgan fingerprint density at radius 1 is 1.28 bits per heavy atom. The van der Waals surface area contributed by atoms with Crippen molar-refractivity contribution in [2.24, 2.45) is 0 Å². The summed E-state index contributed by atoms with van der Waals surface area (Å²) in [7, 11) is 0. The first-order valence-electron chi connectivity index (χ1n) is 10.0. The number of aromatic nitrogens is 5. The molecule has 0 aliphatic heterocycles.